The molecular weight excluding hydrogens is 219 g/mol. The van der Waals surface area contributed by atoms with Crippen LogP contribution < -0.4 is 0 Å². The molecule has 0 spiro atoms. The van der Waals surface area contributed by atoms with E-state index in [1.54, 1.807) is 0 Å². The van der Waals surface area contributed by atoms with Crippen molar-refractivity contribution >= 4 is 31.9 Å². The minimum atomic E-state index is -1.50. The van der Waals surface area contributed by atoms with Gasteiger partial charge in [-0.3, -0.25) is 0 Å². The van der Waals surface area contributed by atoms with E-state index in [1.165, 1.54) is 0 Å². The molecule has 0 unspecified atom stereocenters. The van der Waals surface area contributed by atoms with Gasteiger partial charge in [0, 0.05) is 0 Å². The normalized spacial score (nSPS) is 12.0. The van der Waals surface area contributed by atoms with E-state index in [9.17, 15) is 4.39 Å². The van der Waals surface area contributed by atoms with E-state index in [2.05, 4.69) is 31.9 Å². The Morgan fingerprint density at radius 3 is 1.83 bits per heavy atom. The zero-order valence-electron chi connectivity index (χ0n) is 2.79. The van der Waals surface area contributed by atoms with E-state index in [1.807, 2.05) is 0 Å². The number of hydrogen-bond donors (Lipinski definition) is 1. The predicted molar refractivity (Wildman–Crippen MR) is 28.8 cm³/mol. The van der Waals surface area contributed by atoms with Crippen LogP contribution in [0, 0.1) is 0 Å². The van der Waals surface area contributed by atoms with Crippen molar-refractivity contribution in [3.8, 4) is 0 Å². The summed E-state index contributed by atoms with van der Waals surface area (Å²) in [6.07, 6.45) is 0. The Hall–Kier alpha value is 0.850. The Morgan fingerprint density at radius 1 is 1.67 bits per heavy atom. The second-order valence-corrected chi connectivity index (χ2v) is 4.49. The fourth-order valence-electron chi connectivity index (χ4n) is 0. The van der Waals surface area contributed by atoms with Gasteiger partial charge in [-0.15, -0.1) is 0 Å². The van der Waals surface area contributed by atoms with Crippen LogP contribution in [0.4, 0.5) is 4.39 Å². The minimum absolute atomic E-state index is 0.840. The molecule has 0 fully saturated rings. The highest BCUT2D eigenvalue weighted by Crippen LogP contribution is 2.21. The standard InChI is InChI=1S/C2H3Br2FO/c3-2(4,6)1-5/h6H,1H2. The molecule has 0 atom stereocenters. The molecule has 6 heavy (non-hydrogen) atoms. The van der Waals surface area contributed by atoms with Gasteiger partial charge in [0.1, 0.15) is 6.67 Å². The Balaban J connectivity index is 3.17. The number of rotatable bonds is 1. The van der Waals surface area contributed by atoms with Gasteiger partial charge in [0.05, 0.1) is 0 Å². The van der Waals surface area contributed by atoms with Gasteiger partial charge in [0.15, 0.2) is 0 Å². The Kier molecular flexibility index (Phi) is 2.55. The summed E-state index contributed by atoms with van der Waals surface area (Å²) in [5, 5.41) is 8.28. The van der Waals surface area contributed by atoms with Crippen molar-refractivity contribution < 1.29 is 9.50 Å². The quantitative estimate of drug-likeness (QED) is 0.664. The SMILES string of the molecule is OC(Br)(Br)CF. The van der Waals surface area contributed by atoms with Crippen molar-refractivity contribution in [1.29, 1.82) is 0 Å². The smallest absolute Gasteiger partial charge is 0.203 e. The lowest BCUT2D eigenvalue weighted by Crippen LogP contribution is -2.10. The maximum atomic E-state index is 11.2. The molecule has 0 aromatic rings. The van der Waals surface area contributed by atoms with E-state index in [-0.39, 0.29) is 0 Å². The zero-order chi connectivity index (χ0) is 5.21. The first-order valence-electron chi connectivity index (χ1n) is 1.22. The fourth-order valence-corrected chi connectivity index (χ4v) is 0. The van der Waals surface area contributed by atoms with Crippen molar-refractivity contribution in [1.82, 2.24) is 0 Å². The first-order chi connectivity index (χ1) is 2.56. The zero-order valence-corrected chi connectivity index (χ0v) is 5.96. The van der Waals surface area contributed by atoms with Crippen molar-refractivity contribution in [3.63, 3.8) is 0 Å². The van der Waals surface area contributed by atoms with Gasteiger partial charge in [-0.2, -0.15) is 0 Å². The first-order valence-corrected chi connectivity index (χ1v) is 2.81. The third-order valence-corrected chi connectivity index (χ3v) is 0.585. The average molecular weight is 222 g/mol. The molecule has 0 aromatic carbocycles. The van der Waals surface area contributed by atoms with Crippen LogP contribution in [0.5, 0.6) is 0 Å². The topological polar surface area (TPSA) is 20.2 Å². The Labute approximate surface area is 51.8 Å². The van der Waals surface area contributed by atoms with Gasteiger partial charge < -0.3 is 5.11 Å². The molecule has 0 bridgehead atoms. The highest BCUT2D eigenvalue weighted by molar-refractivity contribution is 9.25. The van der Waals surface area contributed by atoms with Gasteiger partial charge in [0.25, 0.3) is 0 Å². The molecule has 0 radical (unpaired) electrons. The summed E-state index contributed by atoms with van der Waals surface area (Å²) in [5.74, 6) is 0. The molecule has 0 aliphatic carbocycles. The van der Waals surface area contributed by atoms with Crippen LogP contribution >= 0.6 is 31.9 Å². The highest BCUT2D eigenvalue weighted by atomic mass is 79.9. The van der Waals surface area contributed by atoms with Gasteiger partial charge >= 0.3 is 0 Å². The van der Waals surface area contributed by atoms with Crippen LogP contribution in [-0.2, 0) is 0 Å². The van der Waals surface area contributed by atoms with E-state index >= 15 is 0 Å². The molecule has 0 aliphatic rings. The van der Waals surface area contributed by atoms with Crippen LogP contribution in [0.2, 0.25) is 0 Å². The molecule has 0 aliphatic heterocycles. The van der Waals surface area contributed by atoms with Crippen LogP contribution in [0.1, 0.15) is 0 Å². The lowest BCUT2D eigenvalue weighted by molar-refractivity contribution is 0.203. The van der Waals surface area contributed by atoms with Gasteiger partial charge in [-0.1, -0.05) is 0 Å². The summed E-state index contributed by atoms with van der Waals surface area (Å²) in [6.45, 7) is -0.840. The number of halogens is 3. The average Bonchev–Trinajstić information content (AvgIpc) is 1.35. The molecule has 1 nitrogen and oxygen atoms in total. The third-order valence-electron chi connectivity index (χ3n) is 0.161. The highest BCUT2D eigenvalue weighted by Gasteiger charge is 2.15. The van der Waals surface area contributed by atoms with Gasteiger partial charge in [-0.25, -0.2) is 4.39 Å². The third kappa shape index (κ3) is 4.85. The molecule has 0 saturated carbocycles. The largest absolute Gasteiger partial charge is 0.367 e. The summed E-state index contributed by atoms with van der Waals surface area (Å²) in [6, 6.07) is 0. The molecule has 0 amide bonds. The number of hydrogen-bond acceptors (Lipinski definition) is 1. The lowest BCUT2D eigenvalue weighted by Gasteiger charge is -2.03. The second-order valence-electron chi connectivity index (χ2n) is 0.799. The van der Waals surface area contributed by atoms with Crippen molar-refractivity contribution in [3.05, 3.63) is 0 Å². The Morgan fingerprint density at radius 2 is 1.83 bits per heavy atom. The summed E-state index contributed by atoms with van der Waals surface area (Å²) < 4.78 is 9.66. The molecule has 4 heteroatoms. The van der Waals surface area contributed by atoms with Crippen LogP contribution in [0.15, 0.2) is 0 Å². The maximum absolute atomic E-state index is 11.2. The minimum Gasteiger partial charge on any atom is -0.367 e. The van der Waals surface area contributed by atoms with Crippen molar-refractivity contribution in [2.45, 2.75) is 3.42 Å². The first kappa shape index (κ1) is 6.85. The second kappa shape index (κ2) is 2.23. The van der Waals surface area contributed by atoms with Crippen LogP contribution in [-0.4, -0.2) is 15.2 Å². The molecular formula is C2H3Br2FO. The van der Waals surface area contributed by atoms with Crippen molar-refractivity contribution in [2.75, 3.05) is 6.67 Å². The van der Waals surface area contributed by atoms with E-state index in [4.69, 9.17) is 5.11 Å². The summed E-state index contributed by atoms with van der Waals surface area (Å²) in [7, 11) is 0. The lowest BCUT2D eigenvalue weighted by atomic mass is 10.8. The molecule has 0 aromatic heterocycles. The molecule has 0 heterocycles. The van der Waals surface area contributed by atoms with Crippen molar-refractivity contribution in [2.24, 2.45) is 0 Å². The molecule has 0 rings (SSSR count). The van der Waals surface area contributed by atoms with E-state index in [0.29, 0.717) is 0 Å². The van der Waals surface area contributed by atoms with Crippen LogP contribution in [0.25, 0.3) is 0 Å². The monoisotopic (exact) mass is 220 g/mol. The Bertz CT molecular complexity index is 41.3. The molecule has 1 N–H and O–H groups in total. The maximum Gasteiger partial charge on any atom is 0.203 e. The van der Waals surface area contributed by atoms with E-state index in [0.717, 1.165) is 0 Å². The predicted octanol–water partition coefficient (Wildman–Crippen LogP) is 1.39. The molecule has 0 saturated heterocycles. The number of alkyl halides is 3. The summed E-state index contributed by atoms with van der Waals surface area (Å²) >= 11 is 5.15. The summed E-state index contributed by atoms with van der Waals surface area (Å²) in [5.41, 5.74) is 0. The molecule has 38 valence electrons. The fraction of sp³-hybridized carbons (Fsp3) is 1.00. The summed E-state index contributed by atoms with van der Waals surface area (Å²) in [4.78, 5) is 0. The van der Waals surface area contributed by atoms with Gasteiger partial charge in [-0.05, 0) is 31.9 Å². The number of aliphatic hydroxyl groups is 1. The van der Waals surface area contributed by atoms with E-state index < -0.39 is 10.1 Å². The van der Waals surface area contributed by atoms with Crippen LogP contribution in [0.3, 0.4) is 0 Å². The van der Waals surface area contributed by atoms with Gasteiger partial charge in [0.2, 0.25) is 3.42 Å².